The number of hydrogen-bond acceptors (Lipinski definition) is 2. The van der Waals surface area contributed by atoms with Gasteiger partial charge in [-0.2, -0.15) is 0 Å². The molecule has 0 aromatic heterocycles. The molecule has 2 heteroatoms. The Bertz CT molecular complexity index is 191. The summed E-state index contributed by atoms with van der Waals surface area (Å²) >= 11 is 0. The number of nitrogens with one attached hydrogen (secondary N) is 1. The Morgan fingerprint density at radius 3 is 2.20 bits per heavy atom. The first-order valence-corrected chi connectivity index (χ1v) is 5.55. The van der Waals surface area contributed by atoms with E-state index in [4.69, 9.17) is 4.74 Å². The van der Waals surface area contributed by atoms with Crippen LogP contribution in [0.25, 0.3) is 0 Å². The lowest BCUT2D eigenvalue weighted by Gasteiger charge is -2.08. The van der Waals surface area contributed by atoms with Crippen molar-refractivity contribution < 1.29 is 4.74 Å². The van der Waals surface area contributed by atoms with Crippen LogP contribution in [0.15, 0.2) is 36.6 Å². The van der Waals surface area contributed by atoms with E-state index in [0.29, 0.717) is 0 Å². The molecule has 0 saturated carbocycles. The molecule has 0 unspecified atom stereocenters. The molecule has 0 bridgehead atoms. The fourth-order valence-electron chi connectivity index (χ4n) is 1.25. The van der Waals surface area contributed by atoms with Gasteiger partial charge < -0.3 is 10.1 Å². The molecule has 0 aliphatic carbocycles. The SMILES string of the molecule is C1CCNCC1.C=C/C=C\C(=C\C)OC. The number of rotatable bonds is 3. The average Bonchev–Trinajstić information content (AvgIpc) is 2.34. The predicted molar refractivity (Wildman–Crippen MR) is 66.8 cm³/mol. The molecule has 1 aliphatic rings. The van der Waals surface area contributed by atoms with Crippen molar-refractivity contribution in [2.75, 3.05) is 20.2 Å². The maximum atomic E-state index is 4.93. The van der Waals surface area contributed by atoms with Gasteiger partial charge in [0.25, 0.3) is 0 Å². The lowest BCUT2D eigenvalue weighted by Crippen LogP contribution is -2.21. The molecule has 0 aromatic carbocycles. The zero-order chi connectivity index (χ0) is 11.4. The van der Waals surface area contributed by atoms with Gasteiger partial charge in [-0.1, -0.05) is 25.2 Å². The lowest BCUT2D eigenvalue weighted by atomic mass is 10.2. The van der Waals surface area contributed by atoms with Crippen molar-refractivity contribution in [2.45, 2.75) is 26.2 Å². The molecule has 1 fully saturated rings. The van der Waals surface area contributed by atoms with Gasteiger partial charge >= 0.3 is 0 Å². The van der Waals surface area contributed by atoms with Crippen LogP contribution in [0.2, 0.25) is 0 Å². The molecule has 1 N–H and O–H groups in total. The molecule has 2 nitrogen and oxygen atoms in total. The van der Waals surface area contributed by atoms with E-state index < -0.39 is 0 Å². The van der Waals surface area contributed by atoms with Crippen molar-refractivity contribution in [3.05, 3.63) is 36.6 Å². The Labute approximate surface area is 93.7 Å². The monoisotopic (exact) mass is 209 g/mol. The molecule has 0 amide bonds. The van der Waals surface area contributed by atoms with Crippen LogP contribution in [0.1, 0.15) is 26.2 Å². The normalized spacial score (nSPS) is 16.8. The zero-order valence-corrected chi connectivity index (χ0v) is 9.96. The maximum Gasteiger partial charge on any atom is 0.114 e. The molecule has 86 valence electrons. The highest BCUT2D eigenvalue weighted by Crippen LogP contribution is 1.96. The molecule has 1 heterocycles. The third-order valence-corrected chi connectivity index (χ3v) is 2.12. The summed E-state index contributed by atoms with van der Waals surface area (Å²) in [6.07, 6.45) is 11.5. The molecule has 0 spiro atoms. The van der Waals surface area contributed by atoms with Crippen molar-refractivity contribution in [2.24, 2.45) is 0 Å². The average molecular weight is 209 g/mol. The second kappa shape index (κ2) is 11.1. The summed E-state index contributed by atoms with van der Waals surface area (Å²) in [6.45, 7) is 7.95. The Hall–Kier alpha value is -1.02. The standard InChI is InChI=1S/C8H12O.C5H11N/c1-4-6-7-8(5-2)9-3;1-2-4-6-5-3-1/h4-7H,1H2,2-3H3;6H,1-5H2/b7-6-,8-5-;. The van der Waals surface area contributed by atoms with Crippen LogP contribution in [-0.2, 0) is 4.74 Å². The van der Waals surface area contributed by atoms with Crippen LogP contribution in [0.5, 0.6) is 0 Å². The van der Waals surface area contributed by atoms with Gasteiger partial charge in [0.1, 0.15) is 5.76 Å². The molecule has 1 saturated heterocycles. The van der Waals surface area contributed by atoms with Gasteiger partial charge in [-0.3, -0.25) is 0 Å². The lowest BCUT2D eigenvalue weighted by molar-refractivity contribution is 0.306. The minimum absolute atomic E-state index is 0.856. The Balaban J connectivity index is 0.000000280. The first kappa shape index (κ1) is 14.0. The van der Waals surface area contributed by atoms with E-state index in [1.807, 2.05) is 25.2 Å². The summed E-state index contributed by atoms with van der Waals surface area (Å²) in [5, 5.41) is 3.28. The van der Waals surface area contributed by atoms with Crippen molar-refractivity contribution in [1.29, 1.82) is 0 Å². The van der Waals surface area contributed by atoms with E-state index in [2.05, 4.69) is 11.9 Å². The number of piperidine rings is 1. The minimum atomic E-state index is 0.856. The van der Waals surface area contributed by atoms with Gasteiger partial charge in [0, 0.05) is 0 Å². The third kappa shape index (κ3) is 9.29. The largest absolute Gasteiger partial charge is 0.497 e. The molecule has 0 radical (unpaired) electrons. The Morgan fingerprint density at radius 1 is 1.27 bits per heavy atom. The second-order valence-electron chi connectivity index (χ2n) is 3.30. The number of methoxy groups -OCH3 is 1. The van der Waals surface area contributed by atoms with Crippen LogP contribution in [0, 0.1) is 0 Å². The van der Waals surface area contributed by atoms with Gasteiger partial charge in [0.15, 0.2) is 0 Å². The summed E-state index contributed by atoms with van der Waals surface area (Å²) in [5.41, 5.74) is 0. The van der Waals surface area contributed by atoms with Crippen molar-refractivity contribution in [3.8, 4) is 0 Å². The van der Waals surface area contributed by atoms with Crippen LogP contribution < -0.4 is 5.32 Å². The van der Waals surface area contributed by atoms with Crippen molar-refractivity contribution in [1.82, 2.24) is 5.32 Å². The van der Waals surface area contributed by atoms with Gasteiger partial charge in [-0.15, -0.1) is 0 Å². The summed E-state index contributed by atoms with van der Waals surface area (Å²) < 4.78 is 4.93. The summed E-state index contributed by atoms with van der Waals surface area (Å²) in [5.74, 6) is 0.856. The van der Waals surface area contributed by atoms with Gasteiger partial charge in [-0.05, 0) is 45.0 Å². The Morgan fingerprint density at radius 2 is 1.93 bits per heavy atom. The van der Waals surface area contributed by atoms with Crippen LogP contribution >= 0.6 is 0 Å². The van der Waals surface area contributed by atoms with E-state index in [9.17, 15) is 0 Å². The molecular weight excluding hydrogens is 186 g/mol. The molecule has 1 rings (SSSR count). The third-order valence-electron chi connectivity index (χ3n) is 2.12. The highest BCUT2D eigenvalue weighted by atomic mass is 16.5. The Kier molecular flexibility index (Phi) is 10.3. The fraction of sp³-hybridized carbons (Fsp3) is 0.538. The maximum absolute atomic E-state index is 4.93. The topological polar surface area (TPSA) is 21.3 Å². The van der Waals surface area contributed by atoms with E-state index in [-0.39, 0.29) is 0 Å². The van der Waals surface area contributed by atoms with Crippen molar-refractivity contribution in [3.63, 3.8) is 0 Å². The van der Waals surface area contributed by atoms with E-state index in [1.54, 1.807) is 13.2 Å². The quantitative estimate of drug-likeness (QED) is 0.570. The van der Waals surface area contributed by atoms with E-state index in [0.717, 1.165) is 5.76 Å². The number of hydrogen-bond donors (Lipinski definition) is 1. The molecular formula is C13H23NO. The van der Waals surface area contributed by atoms with Crippen LogP contribution in [-0.4, -0.2) is 20.2 Å². The van der Waals surface area contributed by atoms with Crippen LogP contribution in [0.4, 0.5) is 0 Å². The first-order chi connectivity index (χ1) is 7.35. The smallest absolute Gasteiger partial charge is 0.114 e. The molecule has 15 heavy (non-hydrogen) atoms. The molecule has 0 atom stereocenters. The van der Waals surface area contributed by atoms with Crippen LogP contribution in [0.3, 0.4) is 0 Å². The van der Waals surface area contributed by atoms with E-state index in [1.165, 1.54) is 32.4 Å². The summed E-state index contributed by atoms with van der Waals surface area (Å²) in [6, 6.07) is 0. The van der Waals surface area contributed by atoms with Gasteiger partial charge in [0.05, 0.1) is 7.11 Å². The van der Waals surface area contributed by atoms with Gasteiger partial charge in [-0.25, -0.2) is 0 Å². The second-order valence-corrected chi connectivity index (χ2v) is 3.30. The molecule has 0 aromatic rings. The summed E-state index contributed by atoms with van der Waals surface area (Å²) in [4.78, 5) is 0. The number of allylic oxidation sites excluding steroid dienone is 4. The first-order valence-electron chi connectivity index (χ1n) is 5.55. The minimum Gasteiger partial charge on any atom is -0.497 e. The number of ether oxygens (including phenoxy) is 1. The van der Waals surface area contributed by atoms with Gasteiger partial charge in [0.2, 0.25) is 0 Å². The van der Waals surface area contributed by atoms with Crippen molar-refractivity contribution >= 4 is 0 Å². The summed E-state index contributed by atoms with van der Waals surface area (Å²) in [7, 11) is 1.64. The highest BCUT2D eigenvalue weighted by molar-refractivity contribution is 5.14. The zero-order valence-electron chi connectivity index (χ0n) is 9.96. The van der Waals surface area contributed by atoms with E-state index >= 15 is 0 Å². The predicted octanol–water partition coefficient (Wildman–Crippen LogP) is 3.04. The molecule has 1 aliphatic heterocycles. The fourth-order valence-corrected chi connectivity index (χ4v) is 1.25. The highest BCUT2D eigenvalue weighted by Gasteiger charge is 1.93.